The van der Waals surface area contributed by atoms with Crippen LogP contribution in [0.25, 0.3) is 0 Å². The molecule has 2 N–H and O–H groups in total. The van der Waals surface area contributed by atoms with Gasteiger partial charge in [0.1, 0.15) is 0 Å². The van der Waals surface area contributed by atoms with Crippen LogP contribution in [-0.4, -0.2) is 23.4 Å². The molecule has 0 spiro atoms. The molecule has 1 aromatic heterocycles. The molecule has 1 fully saturated rings. The first-order valence-electron chi connectivity index (χ1n) is 7.54. The quantitative estimate of drug-likeness (QED) is 0.890. The van der Waals surface area contributed by atoms with Gasteiger partial charge in [0, 0.05) is 5.56 Å². The lowest BCUT2D eigenvalue weighted by Gasteiger charge is -2.23. The molecule has 4 nitrogen and oxygen atoms in total. The van der Waals surface area contributed by atoms with Gasteiger partial charge in [-0.2, -0.15) is 5.10 Å². The van der Waals surface area contributed by atoms with E-state index in [4.69, 9.17) is 15.6 Å². The summed E-state index contributed by atoms with van der Waals surface area (Å²) in [6.07, 6.45) is 7.25. The van der Waals surface area contributed by atoms with E-state index in [0.29, 0.717) is 18.5 Å². The van der Waals surface area contributed by atoms with E-state index in [9.17, 15) is 0 Å². The zero-order chi connectivity index (χ0) is 13.8. The summed E-state index contributed by atoms with van der Waals surface area (Å²) in [5.41, 5.74) is 8.12. The normalized spacial score (nSPS) is 17.1. The summed E-state index contributed by atoms with van der Waals surface area (Å²) in [5, 5.41) is 4.86. The number of nitrogens with two attached hydrogens (primary N) is 1. The Morgan fingerprint density at radius 2 is 2.00 bits per heavy atom. The largest absolute Gasteiger partial charge is 0.481 e. The van der Waals surface area contributed by atoms with Crippen molar-refractivity contribution in [1.82, 2.24) is 9.78 Å². The highest BCUT2D eigenvalue weighted by Crippen LogP contribution is 2.35. The van der Waals surface area contributed by atoms with Gasteiger partial charge in [0.15, 0.2) is 0 Å². The summed E-state index contributed by atoms with van der Waals surface area (Å²) in [7, 11) is 1.75. The summed E-state index contributed by atoms with van der Waals surface area (Å²) in [6, 6.07) is 0.507. The maximum absolute atomic E-state index is 5.75. The molecule has 0 atom stereocenters. The summed E-state index contributed by atoms with van der Waals surface area (Å²) in [6.45, 7) is 5.02. The molecule has 0 bridgehead atoms. The Hall–Kier alpha value is -1.03. The predicted octanol–water partition coefficient (Wildman–Crippen LogP) is 3.02. The smallest absolute Gasteiger partial charge is 0.215 e. The van der Waals surface area contributed by atoms with Crippen LogP contribution in [0.2, 0.25) is 0 Å². The van der Waals surface area contributed by atoms with Gasteiger partial charge in [-0.05, 0) is 31.7 Å². The molecule has 19 heavy (non-hydrogen) atoms. The summed E-state index contributed by atoms with van der Waals surface area (Å²) < 4.78 is 7.80. The molecule has 0 aromatic carbocycles. The molecule has 1 aromatic rings. The fourth-order valence-electron chi connectivity index (χ4n) is 3.10. The maximum atomic E-state index is 5.75. The van der Waals surface area contributed by atoms with Crippen molar-refractivity contribution in [2.75, 3.05) is 13.7 Å². The fourth-order valence-corrected chi connectivity index (χ4v) is 3.10. The third-order valence-electron chi connectivity index (χ3n) is 4.05. The van der Waals surface area contributed by atoms with Gasteiger partial charge in [-0.25, -0.2) is 4.68 Å². The molecule has 1 aliphatic rings. The molecule has 0 radical (unpaired) electrons. The van der Waals surface area contributed by atoms with Crippen LogP contribution in [0.5, 0.6) is 5.88 Å². The van der Waals surface area contributed by atoms with Crippen LogP contribution in [0.3, 0.4) is 0 Å². The maximum Gasteiger partial charge on any atom is 0.215 e. The van der Waals surface area contributed by atoms with Crippen molar-refractivity contribution in [3.05, 3.63) is 11.3 Å². The van der Waals surface area contributed by atoms with Crippen LogP contribution in [0, 0.1) is 0 Å². The van der Waals surface area contributed by atoms with Crippen molar-refractivity contribution in [3.63, 3.8) is 0 Å². The molecule has 0 saturated heterocycles. The van der Waals surface area contributed by atoms with Gasteiger partial charge in [0.2, 0.25) is 5.88 Å². The molecule has 1 aliphatic carbocycles. The number of nitrogens with zero attached hydrogens (tertiary/aromatic N) is 2. The third-order valence-corrected chi connectivity index (χ3v) is 4.05. The second kappa shape index (κ2) is 6.42. The molecule has 1 heterocycles. The first-order chi connectivity index (χ1) is 9.19. The number of hydrogen-bond donors (Lipinski definition) is 1. The van der Waals surface area contributed by atoms with E-state index in [1.807, 2.05) is 0 Å². The van der Waals surface area contributed by atoms with Gasteiger partial charge in [0.25, 0.3) is 0 Å². The van der Waals surface area contributed by atoms with Crippen LogP contribution in [0.1, 0.15) is 69.2 Å². The van der Waals surface area contributed by atoms with Crippen molar-refractivity contribution in [2.45, 2.75) is 64.3 Å². The molecule has 0 aliphatic heterocycles. The van der Waals surface area contributed by atoms with Gasteiger partial charge < -0.3 is 10.5 Å². The number of hydrogen-bond acceptors (Lipinski definition) is 3. The molecule has 4 heteroatoms. The van der Waals surface area contributed by atoms with Gasteiger partial charge >= 0.3 is 0 Å². The predicted molar refractivity (Wildman–Crippen MR) is 77.7 cm³/mol. The van der Waals surface area contributed by atoms with Crippen molar-refractivity contribution in [1.29, 1.82) is 0 Å². The van der Waals surface area contributed by atoms with E-state index in [1.165, 1.54) is 37.7 Å². The molecule has 2 rings (SSSR count). The van der Waals surface area contributed by atoms with Crippen molar-refractivity contribution < 1.29 is 4.74 Å². The van der Waals surface area contributed by atoms with E-state index >= 15 is 0 Å². The van der Waals surface area contributed by atoms with Gasteiger partial charge in [-0.15, -0.1) is 0 Å². The Kier molecular flexibility index (Phi) is 4.86. The molecular formula is C15H27N3O. The third kappa shape index (κ3) is 2.94. The minimum atomic E-state index is 0.417. The standard InChI is InChI=1S/C15H27N3O/c1-11(2)14-13(9-10-16)15(19-3)18(17-14)12-7-5-4-6-8-12/h11-12H,4-10,16H2,1-3H3. The van der Waals surface area contributed by atoms with E-state index in [0.717, 1.165) is 18.0 Å². The number of ether oxygens (including phenoxy) is 1. The molecule has 0 amide bonds. The Balaban J connectivity index is 2.38. The summed E-state index contributed by atoms with van der Waals surface area (Å²) >= 11 is 0. The zero-order valence-corrected chi connectivity index (χ0v) is 12.5. The molecule has 1 saturated carbocycles. The van der Waals surface area contributed by atoms with Crippen LogP contribution in [0.4, 0.5) is 0 Å². The Labute approximate surface area is 116 Å². The molecular weight excluding hydrogens is 238 g/mol. The Morgan fingerprint density at radius 1 is 1.32 bits per heavy atom. The molecule has 108 valence electrons. The van der Waals surface area contributed by atoms with Crippen molar-refractivity contribution in [2.24, 2.45) is 5.73 Å². The number of aromatic nitrogens is 2. The lowest BCUT2D eigenvalue weighted by atomic mass is 9.95. The van der Waals surface area contributed by atoms with Gasteiger partial charge in [0.05, 0.1) is 18.8 Å². The van der Waals surface area contributed by atoms with E-state index in [-0.39, 0.29) is 0 Å². The van der Waals surface area contributed by atoms with E-state index in [1.54, 1.807) is 7.11 Å². The average molecular weight is 265 g/mol. The molecule has 0 unspecified atom stereocenters. The fraction of sp³-hybridized carbons (Fsp3) is 0.800. The van der Waals surface area contributed by atoms with Crippen LogP contribution >= 0.6 is 0 Å². The Morgan fingerprint density at radius 3 is 2.53 bits per heavy atom. The van der Waals surface area contributed by atoms with E-state index < -0.39 is 0 Å². The van der Waals surface area contributed by atoms with Crippen molar-refractivity contribution in [3.8, 4) is 5.88 Å². The van der Waals surface area contributed by atoms with Crippen LogP contribution in [0.15, 0.2) is 0 Å². The highest BCUT2D eigenvalue weighted by Gasteiger charge is 2.25. The lowest BCUT2D eigenvalue weighted by Crippen LogP contribution is -2.15. The van der Waals surface area contributed by atoms with Gasteiger partial charge in [-0.1, -0.05) is 33.1 Å². The lowest BCUT2D eigenvalue weighted by molar-refractivity contribution is 0.278. The highest BCUT2D eigenvalue weighted by atomic mass is 16.5. The zero-order valence-electron chi connectivity index (χ0n) is 12.5. The minimum absolute atomic E-state index is 0.417. The van der Waals surface area contributed by atoms with E-state index in [2.05, 4.69) is 18.5 Å². The number of methoxy groups -OCH3 is 1. The highest BCUT2D eigenvalue weighted by molar-refractivity contribution is 5.34. The monoisotopic (exact) mass is 265 g/mol. The minimum Gasteiger partial charge on any atom is -0.481 e. The SMILES string of the molecule is COc1c(CCN)c(C(C)C)nn1C1CCCCC1. The summed E-state index contributed by atoms with van der Waals surface area (Å²) in [5.74, 6) is 1.36. The van der Waals surface area contributed by atoms with Gasteiger partial charge in [-0.3, -0.25) is 0 Å². The second-order valence-electron chi connectivity index (χ2n) is 5.80. The summed E-state index contributed by atoms with van der Waals surface area (Å²) in [4.78, 5) is 0. The Bertz CT molecular complexity index is 406. The van der Waals surface area contributed by atoms with Crippen LogP contribution in [-0.2, 0) is 6.42 Å². The second-order valence-corrected chi connectivity index (χ2v) is 5.80. The average Bonchev–Trinajstić information content (AvgIpc) is 2.79. The topological polar surface area (TPSA) is 53.1 Å². The van der Waals surface area contributed by atoms with Crippen LogP contribution < -0.4 is 10.5 Å². The first kappa shape index (κ1) is 14.4. The van der Waals surface area contributed by atoms with Crippen molar-refractivity contribution >= 4 is 0 Å². The first-order valence-corrected chi connectivity index (χ1v) is 7.54. The number of rotatable bonds is 5.